The van der Waals surface area contributed by atoms with E-state index < -0.39 is 23.7 Å². The van der Waals surface area contributed by atoms with E-state index in [1.54, 1.807) is 18.9 Å². The number of halogens is 2. The molecule has 2 saturated heterocycles. The fourth-order valence-electron chi connectivity index (χ4n) is 3.46. The lowest BCUT2D eigenvalue weighted by molar-refractivity contribution is -0.129. The summed E-state index contributed by atoms with van der Waals surface area (Å²) in [7, 11) is 0. The van der Waals surface area contributed by atoms with Crippen LogP contribution in [0.3, 0.4) is 0 Å². The van der Waals surface area contributed by atoms with Crippen molar-refractivity contribution in [2.75, 3.05) is 36.5 Å². The fourth-order valence-corrected chi connectivity index (χ4v) is 3.66. The van der Waals surface area contributed by atoms with Crippen LogP contribution >= 0.6 is 11.6 Å². The number of rotatable bonds is 6. The number of carbonyl (C=O) groups excluding carboxylic acids is 3. The van der Waals surface area contributed by atoms with E-state index in [4.69, 9.17) is 16.3 Å². The Morgan fingerprint density at radius 1 is 1.26 bits per heavy atom. The van der Waals surface area contributed by atoms with Crippen molar-refractivity contribution in [1.29, 1.82) is 0 Å². The SMILES string of the molecule is CCC(Nc1cc(N2C(=O)CC(=C(C)C)C2=O)c(F)cc1Cl)C(=O)NN1CCOCC1. The fraction of sp³-hybridized carbons (Fsp3) is 0.476. The van der Waals surface area contributed by atoms with Crippen LogP contribution in [0.5, 0.6) is 0 Å². The molecule has 3 rings (SSSR count). The number of morpholine rings is 1. The van der Waals surface area contributed by atoms with Gasteiger partial charge in [0.05, 0.1) is 36.0 Å². The van der Waals surface area contributed by atoms with Gasteiger partial charge in [-0.3, -0.25) is 19.8 Å². The van der Waals surface area contributed by atoms with Gasteiger partial charge < -0.3 is 10.1 Å². The molecule has 2 aliphatic rings. The third-order valence-electron chi connectivity index (χ3n) is 5.25. The first-order valence-electron chi connectivity index (χ1n) is 10.1. The Hall–Kier alpha value is -2.49. The molecular formula is C21H26ClFN4O4. The minimum atomic E-state index is -0.793. The normalized spacial score (nSPS) is 18.4. The van der Waals surface area contributed by atoms with Crippen LogP contribution in [0.2, 0.25) is 5.02 Å². The molecule has 1 unspecified atom stereocenters. The quantitative estimate of drug-likeness (QED) is 0.509. The number of carbonyl (C=O) groups is 3. The van der Waals surface area contributed by atoms with Crippen LogP contribution in [0.25, 0.3) is 0 Å². The number of hydrazine groups is 1. The van der Waals surface area contributed by atoms with Gasteiger partial charge >= 0.3 is 0 Å². The molecule has 168 valence electrons. The van der Waals surface area contributed by atoms with Gasteiger partial charge in [0.1, 0.15) is 11.9 Å². The van der Waals surface area contributed by atoms with E-state index in [0.29, 0.717) is 43.9 Å². The van der Waals surface area contributed by atoms with E-state index in [1.807, 2.05) is 6.92 Å². The van der Waals surface area contributed by atoms with Crippen molar-refractivity contribution in [1.82, 2.24) is 10.4 Å². The van der Waals surface area contributed by atoms with Gasteiger partial charge in [0.15, 0.2) is 0 Å². The van der Waals surface area contributed by atoms with Crippen LogP contribution in [-0.2, 0) is 19.1 Å². The molecule has 2 N–H and O–H groups in total. The van der Waals surface area contributed by atoms with Crippen molar-refractivity contribution < 1.29 is 23.5 Å². The molecule has 0 bridgehead atoms. The van der Waals surface area contributed by atoms with Crippen molar-refractivity contribution in [3.05, 3.63) is 34.1 Å². The highest BCUT2D eigenvalue weighted by Crippen LogP contribution is 2.35. The monoisotopic (exact) mass is 452 g/mol. The molecule has 1 aromatic carbocycles. The highest BCUT2D eigenvalue weighted by atomic mass is 35.5. The van der Waals surface area contributed by atoms with E-state index in [-0.39, 0.29) is 28.7 Å². The first kappa shape index (κ1) is 23.2. The molecule has 8 nitrogen and oxygen atoms in total. The Balaban J connectivity index is 1.83. The highest BCUT2D eigenvalue weighted by Gasteiger charge is 2.37. The van der Waals surface area contributed by atoms with Crippen molar-refractivity contribution in [3.8, 4) is 0 Å². The summed E-state index contributed by atoms with van der Waals surface area (Å²) in [5.41, 5.74) is 3.96. The van der Waals surface area contributed by atoms with Gasteiger partial charge in [-0.15, -0.1) is 0 Å². The zero-order valence-electron chi connectivity index (χ0n) is 17.8. The van der Waals surface area contributed by atoms with Crippen molar-refractivity contribution in [2.45, 2.75) is 39.7 Å². The van der Waals surface area contributed by atoms with E-state index in [9.17, 15) is 18.8 Å². The third kappa shape index (κ3) is 5.06. The molecule has 10 heteroatoms. The molecule has 3 amide bonds. The second kappa shape index (κ2) is 9.76. The average molecular weight is 453 g/mol. The number of hydrogen-bond acceptors (Lipinski definition) is 6. The lowest BCUT2D eigenvalue weighted by atomic mass is 10.1. The molecule has 1 aromatic rings. The minimum Gasteiger partial charge on any atom is -0.379 e. The van der Waals surface area contributed by atoms with E-state index in [1.165, 1.54) is 6.07 Å². The van der Waals surface area contributed by atoms with Crippen molar-refractivity contribution >= 4 is 40.7 Å². The molecule has 0 aromatic heterocycles. The van der Waals surface area contributed by atoms with Crippen LogP contribution in [0, 0.1) is 5.82 Å². The summed E-state index contributed by atoms with van der Waals surface area (Å²) < 4.78 is 19.9. The minimum absolute atomic E-state index is 0.0420. The van der Waals surface area contributed by atoms with Crippen molar-refractivity contribution in [3.63, 3.8) is 0 Å². The zero-order chi connectivity index (χ0) is 22.7. The maximum Gasteiger partial charge on any atom is 0.261 e. The highest BCUT2D eigenvalue weighted by molar-refractivity contribution is 6.34. The van der Waals surface area contributed by atoms with Crippen LogP contribution < -0.4 is 15.6 Å². The number of ether oxygens (including phenoxy) is 1. The number of anilines is 2. The second-order valence-corrected chi connectivity index (χ2v) is 8.06. The maximum atomic E-state index is 14.7. The molecule has 0 spiro atoms. The molecule has 2 heterocycles. The summed E-state index contributed by atoms with van der Waals surface area (Å²) in [6.45, 7) is 7.50. The van der Waals surface area contributed by atoms with Gasteiger partial charge in [0, 0.05) is 18.7 Å². The first-order chi connectivity index (χ1) is 14.7. The standard InChI is InChI=1S/C21H26ClFN4O4/c1-4-16(20(29)25-26-5-7-31-8-6-26)24-17-11-18(15(23)10-14(17)22)27-19(28)9-13(12(2)3)21(27)30/h10-11,16,24H,4-9H2,1-3H3,(H,25,29). The summed E-state index contributed by atoms with van der Waals surface area (Å²) in [4.78, 5) is 38.6. The van der Waals surface area contributed by atoms with Gasteiger partial charge in [-0.1, -0.05) is 24.1 Å². The number of hydrogen-bond donors (Lipinski definition) is 2. The molecule has 31 heavy (non-hydrogen) atoms. The van der Waals surface area contributed by atoms with Gasteiger partial charge in [-0.2, -0.15) is 0 Å². The van der Waals surface area contributed by atoms with Gasteiger partial charge in [0.2, 0.25) is 5.91 Å². The lowest BCUT2D eigenvalue weighted by Gasteiger charge is -2.29. The molecule has 1 atom stereocenters. The second-order valence-electron chi connectivity index (χ2n) is 7.65. The average Bonchev–Trinajstić information content (AvgIpc) is 3.02. The van der Waals surface area contributed by atoms with Crippen molar-refractivity contribution in [2.24, 2.45) is 0 Å². The smallest absolute Gasteiger partial charge is 0.261 e. The Bertz CT molecular complexity index is 926. The number of imide groups is 1. The van der Waals surface area contributed by atoms with E-state index in [2.05, 4.69) is 10.7 Å². The van der Waals surface area contributed by atoms with Gasteiger partial charge in [0.25, 0.3) is 11.8 Å². The maximum absolute atomic E-state index is 14.7. The Labute approximate surface area is 185 Å². The number of amides is 3. The number of allylic oxidation sites excluding steroid dienone is 1. The van der Waals surface area contributed by atoms with E-state index >= 15 is 0 Å². The van der Waals surface area contributed by atoms with Crippen LogP contribution in [0.15, 0.2) is 23.3 Å². The number of benzene rings is 1. The molecule has 0 aliphatic carbocycles. The summed E-state index contributed by atoms with van der Waals surface area (Å²) in [6, 6.07) is 1.68. The zero-order valence-corrected chi connectivity index (χ0v) is 18.5. The summed E-state index contributed by atoms with van der Waals surface area (Å²) >= 11 is 6.20. The summed E-state index contributed by atoms with van der Waals surface area (Å²) in [6.07, 6.45) is 0.355. The van der Waals surface area contributed by atoms with Crippen LogP contribution in [-0.4, -0.2) is 55.1 Å². The molecule has 2 fully saturated rings. The predicted molar refractivity (Wildman–Crippen MR) is 115 cm³/mol. The molecule has 2 aliphatic heterocycles. The summed E-state index contributed by atoms with van der Waals surface area (Å²) in [5, 5.41) is 4.83. The molecule has 0 saturated carbocycles. The predicted octanol–water partition coefficient (Wildman–Crippen LogP) is 2.63. The Kier molecular flexibility index (Phi) is 7.30. The number of nitrogens with zero attached hydrogens (tertiary/aromatic N) is 2. The molecular weight excluding hydrogens is 427 g/mol. The Morgan fingerprint density at radius 2 is 1.94 bits per heavy atom. The lowest BCUT2D eigenvalue weighted by Crippen LogP contribution is -2.52. The number of nitrogens with one attached hydrogen (secondary N) is 2. The summed E-state index contributed by atoms with van der Waals surface area (Å²) in [5.74, 6) is -2.12. The molecule has 0 radical (unpaired) electrons. The largest absolute Gasteiger partial charge is 0.379 e. The van der Waals surface area contributed by atoms with Crippen LogP contribution in [0.4, 0.5) is 15.8 Å². The van der Waals surface area contributed by atoms with Gasteiger partial charge in [-0.05, 0) is 32.4 Å². The third-order valence-corrected chi connectivity index (χ3v) is 5.57. The topological polar surface area (TPSA) is 91.0 Å². The van der Waals surface area contributed by atoms with E-state index in [0.717, 1.165) is 11.0 Å². The first-order valence-corrected chi connectivity index (χ1v) is 10.5. The Morgan fingerprint density at radius 3 is 2.52 bits per heavy atom. The van der Waals surface area contributed by atoms with Gasteiger partial charge in [-0.25, -0.2) is 14.3 Å². The van der Waals surface area contributed by atoms with Crippen LogP contribution in [0.1, 0.15) is 33.6 Å².